The fraction of sp³-hybridized carbons (Fsp3) is 0.438. The molecule has 0 aliphatic carbocycles. The van der Waals surface area contributed by atoms with Crippen molar-refractivity contribution in [3.8, 4) is 0 Å². The molecule has 124 valence electrons. The van der Waals surface area contributed by atoms with Gasteiger partial charge in [0.2, 0.25) is 17.7 Å². The number of carbonyl (C=O) groups is 3. The molecule has 1 aliphatic rings. The molecule has 1 aromatic heterocycles. The summed E-state index contributed by atoms with van der Waals surface area (Å²) in [6.07, 6.45) is 3.50. The van der Waals surface area contributed by atoms with E-state index in [1.165, 1.54) is 13.0 Å². The zero-order chi connectivity index (χ0) is 16.7. The first-order valence-electron chi connectivity index (χ1n) is 7.59. The van der Waals surface area contributed by atoms with E-state index in [1.54, 1.807) is 27.2 Å². The molecule has 1 aromatic rings. The highest BCUT2D eigenvalue weighted by atomic mass is 32.1. The van der Waals surface area contributed by atoms with E-state index in [-0.39, 0.29) is 24.1 Å². The molecule has 2 heterocycles. The lowest BCUT2D eigenvalue weighted by atomic mass is 10.2. The Morgan fingerprint density at radius 2 is 1.91 bits per heavy atom. The van der Waals surface area contributed by atoms with Crippen LogP contribution in [0, 0.1) is 0 Å². The maximum absolute atomic E-state index is 12.1. The van der Waals surface area contributed by atoms with Gasteiger partial charge in [0.25, 0.3) is 0 Å². The van der Waals surface area contributed by atoms with Crippen LogP contribution in [-0.4, -0.2) is 60.2 Å². The number of hydrogen-bond donors (Lipinski definition) is 1. The Kier molecular flexibility index (Phi) is 6.34. The number of thiophene rings is 1. The van der Waals surface area contributed by atoms with Crippen LogP contribution in [0.2, 0.25) is 0 Å². The average Bonchev–Trinajstić information content (AvgIpc) is 3.06. The molecule has 0 radical (unpaired) electrons. The molecule has 6 nitrogen and oxygen atoms in total. The third kappa shape index (κ3) is 5.52. The Morgan fingerprint density at radius 3 is 2.52 bits per heavy atom. The molecule has 0 unspecified atom stereocenters. The fourth-order valence-corrected chi connectivity index (χ4v) is 2.94. The van der Waals surface area contributed by atoms with Crippen LogP contribution in [0.3, 0.4) is 0 Å². The molecule has 2 rings (SSSR count). The van der Waals surface area contributed by atoms with Crippen molar-refractivity contribution in [1.82, 2.24) is 15.1 Å². The predicted octanol–water partition coefficient (Wildman–Crippen LogP) is 0.958. The molecule has 1 saturated heterocycles. The highest BCUT2D eigenvalue weighted by molar-refractivity contribution is 7.10. The monoisotopic (exact) mass is 335 g/mol. The van der Waals surface area contributed by atoms with E-state index in [9.17, 15) is 14.4 Å². The molecule has 7 heteroatoms. The third-order valence-corrected chi connectivity index (χ3v) is 4.50. The quantitative estimate of drug-likeness (QED) is 0.815. The summed E-state index contributed by atoms with van der Waals surface area (Å²) >= 11 is 1.56. The largest absolute Gasteiger partial charge is 0.352 e. The number of piperazine rings is 1. The number of amides is 3. The second-order valence-electron chi connectivity index (χ2n) is 5.28. The summed E-state index contributed by atoms with van der Waals surface area (Å²) in [5.41, 5.74) is 0. The van der Waals surface area contributed by atoms with Crippen LogP contribution in [0.15, 0.2) is 23.6 Å². The molecule has 1 N–H and O–H groups in total. The van der Waals surface area contributed by atoms with Crippen molar-refractivity contribution < 1.29 is 14.4 Å². The Labute approximate surface area is 139 Å². The minimum atomic E-state index is -0.201. The molecule has 0 bridgehead atoms. The summed E-state index contributed by atoms with van der Waals surface area (Å²) in [4.78, 5) is 39.4. The topological polar surface area (TPSA) is 69.7 Å². The Balaban J connectivity index is 1.65. The van der Waals surface area contributed by atoms with Crippen molar-refractivity contribution >= 4 is 35.1 Å². The Morgan fingerprint density at radius 1 is 1.22 bits per heavy atom. The van der Waals surface area contributed by atoms with E-state index >= 15 is 0 Å². The second-order valence-corrected chi connectivity index (χ2v) is 6.26. The van der Waals surface area contributed by atoms with Crippen LogP contribution >= 0.6 is 11.3 Å². The first kappa shape index (κ1) is 17.2. The van der Waals surface area contributed by atoms with Gasteiger partial charge in [-0.2, -0.15) is 0 Å². The van der Waals surface area contributed by atoms with E-state index in [0.29, 0.717) is 32.7 Å². The van der Waals surface area contributed by atoms with E-state index in [2.05, 4.69) is 5.32 Å². The maximum atomic E-state index is 12.1. The van der Waals surface area contributed by atoms with Gasteiger partial charge in [-0.05, 0) is 17.5 Å². The van der Waals surface area contributed by atoms with Gasteiger partial charge in [-0.3, -0.25) is 14.4 Å². The van der Waals surface area contributed by atoms with Gasteiger partial charge >= 0.3 is 0 Å². The minimum Gasteiger partial charge on any atom is -0.352 e. The number of nitrogens with zero attached hydrogens (tertiary/aromatic N) is 2. The van der Waals surface area contributed by atoms with Gasteiger partial charge in [0.15, 0.2) is 0 Å². The standard InChI is InChI=1S/C16H21N3O3S/c1-13(20)18-8-10-19(11-9-18)16(22)6-7-17-15(21)5-4-14-3-2-12-23-14/h2-5,12H,6-11H2,1H3,(H,17,21)/b5-4-. The first-order chi connectivity index (χ1) is 11.1. The van der Waals surface area contributed by atoms with Crippen LogP contribution in [-0.2, 0) is 14.4 Å². The van der Waals surface area contributed by atoms with Crippen LogP contribution in [0.25, 0.3) is 6.08 Å². The van der Waals surface area contributed by atoms with Gasteiger partial charge in [-0.25, -0.2) is 0 Å². The summed E-state index contributed by atoms with van der Waals surface area (Å²) in [6.45, 7) is 4.14. The normalized spacial score (nSPS) is 15.0. The summed E-state index contributed by atoms with van der Waals surface area (Å²) in [7, 11) is 0. The van der Waals surface area contributed by atoms with Gasteiger partial charge in [0.1, 0.15) is 0 Å². The van der Waals surface area contributed by atoms with E-state index in [0.717, 1.165) is 4.88 Å². The molecule has 1 aliphatic heterocycles. The van der Waals surface area contributed by atoms with Gasteiger partial charge in [-0.15, -0.1) is 11.3 Å². The van der Waals surface area contributed by atoms with E-state index < -0.39 is 0 Å². The highest BCUT2D eigenvalue weighted by Gasteiger charge is 2.21. The number of rotatable bonds is 5. The lowest BCUT2D eigenvalue weighted by molar-refractivity contribution is -0.138. The second kappa shape index (κ2) is 8.47. The van der Waals surface area contributed by atoms with Crippen LogP contribution in [0.1, 0.15) is 18.2 Å². The minimum absolute atomic E-state index is 0.00994. The first-order valence-corrected chi connectivity index (χ1v) is 8.47. The van der Waals surface area contributed by atoms with Crippen molar-refractivity contribution in [1.29, 1.82) is 0 Å². The van der Waals surface area contributed by atoms with Crippen molar-refractivity contribution in [3.63, 3.8) is 0 Å². The van der Waals surface area contributed by atoms with Crippen molar-refractivity contribution in [2.45, 2.75) is 13.3 Å². The molecule has 0 spiro atoms. The summed E-state index contributed by atoms with van der Waals surface area (Å²) in [5, 5.41) is 4.66. The molecule has 0 aromatic carbocycles. The lowest BCUT2D eigenvalue weighted by Gasteiger charge is -2.34. The summed E-state index contributed by atoms with van der Waals surface area (Å²) in [6, 6.07) is 3.85. The van der Waals surface area contributed by atoms with Crippen molar-refractivity contribution in [3.05, 3.63) is 28.5 Å². The van der Waals surface area contributed by atoms with E-state index in [1.807, 2.05) is 17.5 Å². The zero-order valence-electron chi connectivity index (χ0n) is 13.2. The smallest absolute Gasteiger partial charge is 0.244 e. The predicted molar refractivity (Wildman–Crippen MR) is 89.8 cm³/mol. The average molecular weight is 335 g/mol. The van der Waals surface area contributed by atoms with Crippen LogP contribution < -0.4 is 5.32 Å². The Bertz CT molecular complexity index is 575. The molecule has 0 atom stereocenters. The van der Waals surface area contributed by atoms with Crippen LogP contribution in [0.5, 0.6) is 0 Å². The van der Waals surface area contributed by atoms with Gasteiger partial charge in [-0.1, -0.05) is 6.07 Å². The van der Waals surface area contributed by atoms with Crippen molar-refractivity contribution in [2.24, 2.45) is 0 Å². The number of nitrogens with one attached hydrogen (secondary N) is 1. The number of carbonyl (C=O) groups excluding carboxylic acids is 3. The van der Waals surface area contributed by atoms with Crippen molar-refractivity contribution in [2.75, 3.05) is 32.7 Å². The molecule has 1 fully saturated rings. The van der Waals surface area contributed by atoms with E-state index in [4.69, 9.17) is 0 Å². The number of hydrogen-bond acceptors (Lipinski definition) is 4. The Hall–Kier alpha value is -2.15. The highest BCUT2D eigenvalue weighted by Crippen LogP contribution is 2.09. The molecular weight excluding hydrogens is 314 g/mol. The van der Waals surface area contributed by atoms with Gasteiger partial charge < -0.3 is 15.1 Å². The third-order valence-electron chi connectivity index (χ3n) is 3.66. The molecular formula is C16H21N3O3S. The van der Waals surface area contributed by atoms with Gasteiger partial charge in [0.05, 0.1) is 0 Å². The van der Waals surface area contributed by atoms with Gasteiger partial charge in [0, 0.05) is 57.0 Å². The SMILES string of the molecule is CC(=O)N1CCN(C(=O)CCNC(=O)/C=C\c2cccs2)CC1. The summed E-state index contributed by atoms with van der Waals surface area (Å²) in [5.74, 6) is -0.148. The maximum Gasteiger partial charge on any atom is 0.244 e. The molecule has 3 amide bonds. The summed E-state index contributed by atoms with van der Waals surface area (Å²) < 4.78 is 0. The fourth-order valence-electron chi connectivity index (χ4n) is 2.32. The molecule has 0 saturated carbocycles. The van der Waals surface area contributed by atoms with Crippen LogP contribution in [0.4, 0.5) is 0 Å². The lowest BCUT2D eigenvalue weighted by Crippen LogP contribution is -2.50. The zero-order valence-corrected chi connectivity index (χ0v) is 14.0. The molecule has 23 heavy (non-hydrogen) atoms.